The van der Waals surface area contributed by atoms with E-state index in [-0.39, 0.29) is 25.3 Å². The minimum absolute atomic E-state index is 0.111. The summed E-state index contributed by atoms with van der Waals surface area (Å²) in [4.78, 5) is 11.4. The predicted octanol–water partition coefficient (Wildman–Crippen LogP) is 2.21. The largest absolute Gasteiger partial charge is 0.361 e. The van der Waals surface area contributed by atoms with E-state index in [1.54, 1.807) is 0 Å². The molecule has 1 atom stereocenters. The Labute approximate surface area is 103 Å². The lowest BCUT2D eigenvalue weighted by atomic mass is 10.2. The smallest absolute Gasteiger partial charge is 0.252 e. The highest BCUT2D eigenvalue weighted by Crippen LogP contribution is 2.50. The van der Waals surface area contributed by atoms with Crippen LogP contribution in [0.4, 0.5) is 8.78 Å². The molecule has 0 aliphatic heterocycles. The Morgan fingerprint density at radius 3 is 2.89 bits per heavy atom. The van der Waals surface area contributed by atoms with Gasteiger partial charge in [0.1, 0.15) is 11.5 Å². The van der Waals surface area contributed by atoms with Crippen molar-refractivity contribution in [1.82, 2.24) is 10.5 Å². The second-order valence-electron chi connectivity index (χ2n) is 5.14. The highest BCUT2D eigenvalue weighted by atomic mass is 19.3. The van der Waals surface area contributed by atoms with Crippen LogP contribution in [0, 0.1) is 5.92 Å². The third kappa shape index (κ3) is 2.52. The van der Waals surface area contributed by atoms with Crippen LogP contribution < -0.4 is 5.32 Å². The highest BCUT2D eigenvalue weighted by molar-refractivity contribution is 5.76. The fourth-order valence-electron chi connectivity index (χ4n) is 1.95. The van der Waals surface area contributed by atoms with E-state index in [4.69, 9.17) is 4.52 Å². The zero-order valence-electron chi connectivity index (χ0n) is 9.79. The lowest BCUT2D eigenvalue weighted by Gasteiger charge is -2.01. The average Bonchev–Trinajstić information content (AvgIpc) is 3.19. The number of halogens is 2. The van der Waals surface area contributed by atoms with Crippen LogP contribution in [0.1, 0.15) is 43.1 Å². The molecule has 1 amide bonds. The number of hydrogen-bond acceptors (Lipinski definition) is 3. The molecular formula is C12H14F2N2O2. The lowest BCUT2D eigenvalue weighted by molar-refractivity contribution is -0.122. The summed E-state index contributed by atoms with van der Waals surface area (Å²) in [5.74, 6) is -2.44. The zero-order chi connectivity index (χ0) is 12.8. The van der Waals surface area contributed by atoms with Gasteiger partial charge in [0, 0.05) is 30.7 Å². The maximum atomic E-state index is 12.6. The van der Waals surface area contributed by atoms with Crippen LogP contribution in [0.25, 0.3) is 0 Å². The Hall–Kier alpha value is -1.46. The first-order valence-corrected chi connectivity index (χ1v) is 6.14. The monoisotopic (exact) mass is 256 g/mol. The van der Waals surface area contributed by atoms with Crippen LogP contribution in [0.5, 0.6) is 0 Å². The second kappa shape index (κ2) is 4.03. The molecule has 0 spiro atoms. The lowest BCUT2D eigenvalue weighted by Crippen LogP contribution is -2.23. The van der Waals surface area contributed by atoms with E-state index in [9.17, 15) is 13.6 Å². The minimum atomic E-state index is -2.63. The van der Waals surface area contributed by atoms with Crippen molar-refractivity contribution >= 4 is 5.91 Å². The van der Waals surface area contributed by atoms with Crippen LogP contribution in [0.15, 0.2) is 10.6 Å². The quantitative estimate of drug-likeness (QED) is 0.878. The molecule has 1 aromatic rings. The van der Waals surface area contributed by atoms with Crippen LogP contribution in [-0.4, -0.2) is 17.0 Å². The summed E-state index contributed by atoms with van der Waals surface area (Å²) in [6, 6.07) is 1.82. The first-order valence-electron chi connectivity index (χ1n) is 6.14. The summed E-state index contributed by atoms with van der Waals surface area (Å²) in [6.45, 7) is 0.243. The van der Waals surface area contributed by atoms with Crippen molar-refractivity contribution in [3.05, 3.63) is 17.5 Å². The number of nitrogens with zero attached hydrogens (tertiary/aromatic N) is 1. The summed E-state index contributed by atoms with van der Waals surface area (Å²) >= 11 is 0. The molecule has 0 bridgehead atoms. The van der Waals surface area contributed by atoms with Gasteiger partial charge in [-0.1, -0.05) is 5.16 Å². The van der Waals surface area contributed by atoms with E-state index >= 15 is 0 Å². The molecule has 2 fully saturated rings. The number of aromatic nitrogens is 1. The third-order valence-electron chi connectivity index (χ3n) is 3.41. The molecule has 1 aromatic heterocycles. The fraction of sp³-hybridized carbons (Fsp3) is 0.667. The van der Waals surface area contributed by atoms with Crippen LogP contribution in [0.2, 0.25) is 0 Å². The van der Waals surface area contributed by atoms with E-state index in [0.717, 1.165) is 18.6 Å². The topological polar surface area (TPSA) is 55.1 Å². The standard InChI is InChI=1S/C12H14F2N2O2/c13-12(14)5-8(12)3-11(17)15-6-9-4-10(18-16-9)7-1-2-7/h4,7-8H,1-3,5-6H2,(H,15,17)/t8-/m1/s1. The minimum Gasteiger partial charge on any atom is -0.361 e. The van der Waals surface area contributed by atoms with E-state index in [0.29, 0.717) is 11.6 Å². The van der Waals surface area contributed by atoms with Crippen molar-refractivity contribution in [2.75, 3.05) is 0 Å². The molecule has 0 aromatic carbocycles. The number of rotatable bonds is 5. The number of carbonyl (C=O) groups excluding carboxylic acids is 1. The molecule has 2 aliphatic carbocycles. The van der Waals surface area contributed by atoms with Gasteiger partial charge in [0.15, 0.2) is 0 Å². The van der Waals surface area contributed by atoms with Crippen molar-refractivity contribution in [2.24, 2.45) is 5.92 Å². The van der Waals surface area contributed by atoms with Crippen molar-refractivity contribution < 1.29 is 18.1 Å². The molecule has 6 heteroatoms. The van der Waals surface area contributed by atoms with Crippen molar-refractivity contribution in [1.29, 1.82) is 0 Å². The third-order valence-corrected chi connectivity index (χ3v) is 3.41. The number of nitrogens with one attached hydrogen (secondary N) is 1. The van der Waals surface area contributed by atoms with E-state index in [1.165, 1.54) is 0 Å². The Bertz CT molecular complexity index is 468. The number of hydrogen-bond donors (Lipinski definition) is 1. The summed E-state index contributed by atoms with van der Waals surface area (Å²) in [7, 11) is 0. The van der Waals surface area contributed by atoms with Gasteiger partial charge in [-0.05, 0) is 12.8 Å². The van der Waals surface area contributed by atoms with E-state index < -0.39 is 11.8 Å². The first-order chi connectivity index (χ1) is 8.54. The van der Waals surface area contributed by atoms with Crippen LogP contribution >= 0.6 is 0 Å². The first kappa shape index (κ1) is 11.6. The molecule has 2 aliphatic rings. The van der Waals surface area contributed by atoms with Gasteiger partial charge in [0.05, 0.1) is 6.54 Å². The van der Waals surface area contributed by atoms with Gasteiger partial charge in [0.2, 0.25) is 5.91 Å². The molecular weight excluding hydrogens is 242 g/mol. The Morgan fingerprint density at radius 2 is 2.28 bits per heavy atom. The highest BCUT2D eigenvalue weighted by Gasteiger charge is 2.57. The molecule has 18 heavy (non-hydrogen) atoms. The zero-order valence-corrected chi connectivity index (χ0v) is 9.79. The van der Waals surface area contributed by atoms with Gasteiger partial charge >= 0.3 is 0 Å². The maximum absolute atomic E-state index is 12.6. The van der Waals surface area contributed by atoms with Crippen LogP contribution in [0.3, 0.4) is 0 Å². The van der Waals surface area contributed by atoms with Crippen molar-refractivity contribution in [3.63, 3.8) is 0 Å². The summed E-state index contributed by atoms with van der Waals surface area (Å²) in [6.07, 6.45) is 1.96. The number of amides is 1. The van der Waals surface area contributed by atoms with Gasteiger partial charge in [-0.2, -0.15) is 0 Å². The Balaban J connectivity index is 1.44. The van der Waals surface area contributed by atoms with Gasteiger partial charge in [-0.25, -0.2) is 8.78 Å². The fourth-order valence-corrected chi connectivity index (χ4v) is 1.95. The molecule has 1 heterocycles. The molecule has 1 N–H and O–H groups in total. The SMILES string of the molecule is O=C(C[C@@H]1CC1(F)F)NCc1cc(C2CC2)on1. The van der Waals surface area contributed by atoms with E-state index in [2.05, 4.69) is 10.5 Å². The normalized spacial score (nSPS) is 24.9. The molecule has 0 radical (unpaired) electrons. The maximum Gasteiger partial charge on any atom is 0.252 e. The van der Waals surface area contributed by atoms with Gasteiger partial charge < -0.3 is 9.84 Å². The van der Waals surface area contributed by atoms with Gasteiger partial charge in [-0.15, -0.1) is 0 Å². The number of carbonyl (C=O) groups is 1. The van der Waals surface area contributed by atoms with Gasteiger partial charge in [0.25, 0.3) is 5.92 Å². The predicted molar refractivity (Wildman–Crippen MR) is 58.0 cm³/mol. The van der Waals surface area contributed by atoms with Crippen molar-refractivity contribution in [3.8, 4) is 0 Å². The molecule has 4 nitrogen and oxygen atoms in total. The molecule has 3 rings (SSSR count). The Kier molecular flexibility index (Phi) is 2.60. The summed E-state index contributed by atoms with van der Waals surface area (Å²) < 4.78 is 30.3. The Morgan fingerprint density at radius 1 is 1.56 bits per heavy atom. The van der Waals surface area contributed by atoms with Gasteiger partial charge in [-0.3, -0.25) is 4.79 Å². The number of alkyl halides is 2. The van der Waals surface area contributed by atoms with Crippen molar-refractivity contribution in [2.45, 2.75) is 44.1 Å². The molecule has 2 saturated carbocycles. The molecule has 0 saturated heterocycles. The van der Waals surface area contributed by atoms with Crippen LogP contribution in [-0.2, 0) is 11.3 Å². The summed E-state index contributed by atoms with van der Waals surface area (Å²) in [5.41, 5.74) is 0.646. The molecule has 98 valence electrons. The average molecular weight is 256 g/mol. The second-order valence-corrected chi connectivity index (χ2v) is 5.14. The van der Waals surface area contributed by atoms with E-state index in [1.807, 2.05) is 6.07 Å². The summed E-state index contributed by atoms with van der Waals surface area (Å²) in [5, 5.41) is 6.42. The molecule has 0 unspecified atom stereocenters.